The summed E-state index contributed by atoms with van der Waals surface area (Å²) in [4.78, 5) is 17.9. The molecule has 0 aromatic carbocycles. The highest BCUT2D eigenvalue weighted by molar-refractivity contribution is 7.14. The molecule has 2 rings (SSSR count). The zero-order valence-corrected chi connectivity index (χ0v) is 12.3. The van der Waals surface area contributed by atoms with E-state index in [1.54, 1.807) is 30.9 Å². The standard InChI is InChI=1S/C12H11F3N2OS2/c1-17(2)11(18)7-3-9(19-5-7)8-6-20-10(16-8)4-12(13,14)15/h3,5-6H,4H2,1-2H3. The Morgan fingerprint density at radius 3 is 2.60 bits per heavy atom. The van der Waals surface area contributed by atoms with Gasteiger partial charge in [0, 0.05) is 24.9 Å². The van der Waals surface area contributed by atoms with Crippen molar-refractivity contribution in [3.8, 4) is 10.6 Å². The summed E-state index contributed by atoms with van der Waals surface area (Å²) in [6.07, 6.45) is -5.27. The van der Waals surface area contributed by atoms with E-state index in [0.717, 1.165) is 11.3 Å². The molecule has 2 heterocycles. The molecule has 0 aliphatic rings. The number of hydrogen-bond donors (Lipinski definition) is 0. The molecule has 1 amide bonds. The number of amides is 1. The number of aromatic nitrogens is 1. The van der Waals surface area contributed by atoms with Crippen molar-refractivity contribution in [1.82, 2.24) is 9.88 Å². The van der Waals surface area contributed by atoms with E-state index in [1.165, 1.54) is 16.2 Å². The van der Waals surface area contributed by atoms with Crippen molar-refractivity contribution >= 4 is 28.6 Å². The van der Waals surface area contributed by atoms with Gasteiger partial charge in [0.2, 0.25) is 0 Å². The van der Waals surface area contributed by atoms with Crippen molar-refractivity contribution < 1.29 is 18.0 Å². The molecule has 0 saturated carbocycles. The fourth-order valence-electron chi connectivity index (χ4n) is 1.52. The lowest BCUT2D eigenvalue weighted by Gasteiger charge is -2.07. The highest BCUT2D eigenvalue weighted by atomic mass is 32.1. The summed E-state index contributed by atoms with van der Waals surface area (Å²) in [6, 6.07) is 1.65. The average molecular weight is 320 g/mol. The Labute approximate surface area is 121 Å². The number of thiophene rings is 1. The van der Waals surface area contributed by atoms with Crippen molar-refractivity contribution in [1.29, 1.82) is 0 Å². The van der Waals surface area contributed by atoms with Crippen LogP contribution in [0.4, 0.5) is 13.2 Å². The maximum atomic E-state index is 12.3. The Balaban J connectivity index is 2.19. The van der Waals surface area contributed by atoms with Gasteiger partial charge >= 0.3 is 6.18 Å². The highest BCUT2D eigenvalue weighted by Gasteiger charge is 2.29. The summed E-state index contributed by atoms with van der Waals surface area (Å²) >= 11 is 2.27. The third kappa shape index (κ3) is 3.57. The second-order valence-electron chi connectivity index (χ2n) is 4.32. The Kier molecular flexibility index (Phi) is 4.14. The van der Waals surface area contributed by atoms with Crippen LogP contribution in [0.5, 0.6) is 0 Å². The van der Waals surface area contributed by atoms with Crippen molar-refractivity contribution in [2.24, 2.45) is 0 Å². The van der Waals surface area contributed by atoms with E-state index in [9.17, 15) is 18.0 Å². The van der Waals surface area contributed by atoms with Crippen LogP contribution < -0.4 is 0 Å². The fraction of sp³-hybridized carbons (Fsp3) is 0.333. The first-order chi connectivity index (χ1) is 9.26. The van der Waals surface area contributed by atoms with Gasteiger partial charge in [-0.15, -0.1) is 22.7 Å². The van der Waals surface area contributed by atoms with Crippen LogP contribution in [0.1, 0.15) is 15.4 Å². The predicted octanol–water partition coefficient (Wildman–Crippen LogP) is 3.68. The molecule has 8 heteroatoms. The van der Waals surface area contributed by atoms with E-state index in [-0.39, 0.29) is 10.9 Å². The molecule has 0 radical (unpaired) electrons. The lowest BCUT2D eigenvalue weighted by atomic mass is 10.2. The highest BCUT2D eigenvalue weighted by Crippen LogP contribution is 2.31. The smallest absolute Gasteiger partial charge is 0.345 e. The summed E-state index contributed by atoms with van der Waals surface area (Å²) in [5, 5.41) is 3.29. The molecule has 0 atom stereocenters. The first kappa shape index (κ1) is 15.0. The maximum Gasteiger partial charge on any atom is 0.395 e. The van der Waals surface area contributed by atoms with Gasteiger partial charge in [0.15, 0.2) is 0 Å². The van der Waals surface area contributed by atoms with Gasteiger partial charge in [-0.25, -0.2) is 4.98 Å². The van der Waals surface area contributed by atoms with Crippen LogP contribution in [-0.4, -0.2) is 36.1 Å². The van der Waals surface area contributed by atoms with Crippen LogP contribution in [0.2, 0.25) is 0 Å². The summed E-state index contributed by atoms with van der Waals surface area (Å²) in [5.74, 6) is -0.141. The molecule has 0 N–H and O–H groups in total. The summed E-state index contributed by atoms with van der Waals surface area (Å²) in [7, 11) is 3.29. The Morgan fingerprint density at radius 1 is 1.30 bits per heavy atom. The van der Waals surface area contributed by atoms with Crippen molar-refractivity contribution in [2.45, 2.75) is 12.6 Å². The second-order valence-corrected chi connectivity index (χ2v) is 6.17. The minimum absolute atomic E-state index is 0.0291. The monoisotopic (exact) mass is 320 g/mol. The molecule has 2 aromatic heterocycles. The molecular weight excluding hydrogens is 309 g/mol. The molecular formula is C12H11F3N2OS2. The number of hydrogen-bond acceptors (Lipinski definition) is 4. The van der Waals surface area contributed by atoms with E-state index >= 15 is 0 Å². The maximum absolute atomic E-state index is 12.3. The molecule has 0 fully saturated rings. The van der Waals surface area contributed by atoms with Crippen molar-refractivity contribution in [3.05, 3.63) is 27.4 Å². The minimum Gasteiger partial charge on any atom is -0.345 e. The number of carbonyl (C=O) groups excluding carboxylic acids is 1. The van der Waals surface area contributed by atoms with E-state index < -0.39 is 12.6 Å². The first-order valence-corrected chi connectivity index (χ1v) is 7.34. The molecule has 0 unspecified atom stereocenters. The number of halogens is 3. The quantitative estimate of drug-likeness (QED) is 0.864. The van der Waals surface area contributed by atoms with E-state index in [4.69, 9.17) is 0 Å². The zero-order chi connectivity index (χ0) is 14.9. The average Bonchev–Trinajstić information content (AvgIpc) is 2.93. The summed E-state index contributed by atoms with van der Waals surface area (Å²) in [6.45, 7) is 0. The van der Waals surface area contributed by atoms with Crippen LogP contribution in [0.3, 0.4) is 0 Å². The molecule has 2 aromatic rings. The summed E-state index contributed by atoms with van der Waals surface area (Å²) < 4.78 is 36.8. The van der Waals surface area contributed by atoms with Gasteiger partial charge in [-0.3, -0.25) is 4.79 Å². The summed E-state index contributed by atoms with van der Waals surface area (Å²) in [5.41, 5.74) is 0.998. The van der Waals surface area contributed by atoms with Gasteiger partial charge < -0.3 is 4.90 Å². The predicted molar refractivity (Wildman–Crippen MR) is 73.2 cm³/mol. The van der Waals surface area contributed by atoms with Gasteiger partial charge in [0.05, 0.1) is 22.6 Å². The van der Waals surface area contributed by atoms with Crippen molar-refractivity contribution in [3.63, 3.8) is 0 Å². The molecule has 108 valence electrons. The van der Waals surface area contributed by atoms with Crippen LogP contribution in [-0.2, 0) is 6.42 Å². The molecule has 20 heavy (non-hydrogen) atoms. The lowest BCUT2D eigenvalue weighted by Crippen LogP contribution is -2.20. The lowest BCUT2D eigenvalue weighted by molar-refractivity contribution is -0.127. The van der Waals surface area contributed by atoms with Gasteiger partial charge in [-0.2, -0.15) is 13.2 Å². The third-order valence-corrected chi connectivity index (χ3v) is 4.21. The molecule has 0 aliphatic carbocycles. The third-order valence-electron chi connectivity index (χ3n) is 2.41. The van der Waals surface area contributed by atoms with Crippen LogP contribution >= 0.6 is 22.7 Å². The minimum atomic E-state index is -4.25. The Hall–Kier alpha value is -1.41. The van der Waals surface area contributed by atoms with Crippen molar-refractivity contribution in [2.75, 3.05) is 14.1 Å². The second kappa shape index (κ2) is 5.53. The topological polar surface area (TPSA) is 33.2 Å². The van der Waals surface area contributed by atoms with Crippen LogP contribution in [0.25, 0.3) is 10.6 Å². The zero-order valence-electron chi connectivity index (χ0n) is 10.7. The first-order valence-electron chi connectivity index (χ1n) is 5.58. The van der Waals surface area contributed by atoms with Gasteiger partial charge in [-0.1, -0.05) is 0 Å². The van der Waals surface area contributed by atoms with Crippen LogP contribution in [0.15, 0.2) is 16.8 Å². The molecule has 0 bridgehead atoms. The number of nitrogens with zero attached hydrogens (tertiary/aromatic N) is 2. The van der Waals surface area contributed by atoms with Gasteiger partial charge in [0.1, 0.15) is 5.01 Å². The Morgan fingerprint density at radius 2 is 2.00 bits per heavy atom. The van der Waals surface area contributed by atoms with Gasteiger partial charge in [-0.05, 0) is 6.07 Å². The molecule has 0 saturated heterocycles. The van der Waals surface area contributed by atoms with Gasteiger partial charge in [0.25, 0.3) is 5.91 Å². The van der Waals surface area contributed by atoms with Crippen LogP contribution in [0, 0.1) is 0 Å². The normalized spacial score (nSPS) is 11.7. The number of rotatable bonds is 3. The largest absolute Gasteiger partial charge is 0.395 e. The molecule has 3 nitrogen and oxygen atoms in total. The number of thiazole rings is 1. The van der Waals surface area contributed by atoms with E-state index in [1.807, 2.05) is 0 Å². The Bertz CT molecular complexity index is 616. The molecule has 0 aliphatic heterocycles. The number of alkyl halides is 3. The molecule has 0 spiro atoms. The SMILES string of the molecule is CN(C)C(=O)c1csc(-c2csc(CC(F)(F)F)n2)c1. The fourth-order valence-corrected chi connectivity index (χ4v) is 3.26. The van der Waals surface area contributed by atoms with E-state index in [2.05, 4.69) is 4.98 Å². The number of carbonyl (C=O) groups is 1. The van der Waals surface area contributed by atoms with E-state index in [0.29, 0.717) is 16.1 Å².